The molecule has 31 heavy (non-hydrogen) atoms. The summed E-state index contributed by atoms with van der Waals surface area (Å²) < 4.78 is 5.47. The lowest BCUT2D eigenvalue weighted by Gasteiger charge is -2.32. The number of benzene rings is 2. The summed E-state index contributed by atoms with van der Waals surface area (Å²) in [6.45, 7) is 8.52. The molecule has 2 amide bonds. The van der Waals surface area contributed by atoms with Crippen molar-refractivity contribution in [3.8, 4) is 0 Å². The van der Waals surface area contributed by atoms with Crippen LogP contribution >= 0.6 is 11.6 Å². The van der Waals surface area contributed by atoms with Crippen molar-refractivity contribution in [1.82, 2.24) is 9.80 Å². The number of carbonyl (C=O) groups excluding carboxylic acids is 1. The molecule has 6 nitrogen and oxygen atoms in total. The Labute approximate surface area is 189 Å². The van der Waals surface area contributed by atoms with E-state index in [-0.39, 0.29) is 12.1 Å². The fourth-order valence-electron chi connectivity index (χ4n) is 4.49. The number of carbonyl (C=O) groups is 1. The van der Waals surface area contributed by atoms with Gasteiger partial charge < -0.3 is 19.9 Å². The predicted octanol–water partition coefficient (Wildman–Crippen LogP) is 4.30. The van der Waals surface area contributed by atoms with Crippen LogP contribution in [-0.4, -0.2) is 67.8 Å². The maximum atomic E-state index is 13.3. The molecule has 2 aliphatic heterocycles. The van der Waals surface area contributed by atoms with E-state index >= 15 is 0 Å². The van der Waals surface area contributed by atoms with Crippen LogP contribution in [0.2, 0.25) is 5.02 Å². The predicted molar refractivity (Wildman–Crippen MR) is 126 cm³/mol. The second-order valence-electron chi connectivity index (χ2n) is 8.14. The lowest BCUT2D eigenvalue weighted by Crippen LogP contribution is -2.44. The van der Waals surface area contributed by atoms with Gasteiger partial charge in [0.05, 0.1) is 24.6 Å². The van der Waals surface area contributed by atoms with Crippen molar-refractivity contribution in [1.29, 1.82) is 0 Å². The number of ether oxygens (including phenoxy) is 1. The lowest BCUT2D eigenvalue weighted by molar-refractivity contribution is 0.123. The third-order valence-corrected chi connectivity index (χ3v) is 6.33. The molecule has 2 aromatic carbocycles. The van der Waals surface area contributed by atoms with Gasteiger partial charge in [0.1, 0.15) is 0 Å². The Morgan fingerprint density at radius 3 is 2.68 bits per heavy atom. The molecule has 7 heteroatoms. The highest BCUT2D eigenvalue weighted by Gasteiger charge is 2.30. The Morgan fingerprint density at radius 2 is 1.94 bits per heavy atom. The molecular weight excluding hydrogens is 412 g/mol. The van der Waals surface area contributed by atoms with E-state index in [0.717, 1.165) is 50.5 Å². The molecule has 2 aromatic rings. The molecule has 0 saturated carbocycles. The average Bonchev–Trinajstić information content (AvgIpc) is 3.23. The summed E-state index contributed by atoms with van der Waals surface area (Å²) in [6, 6.07) is 16.3. The largest absolute Gasteiger partial charge is 0.378 e. The van der Waals surface area contributed by atoms with E-state index in [2.05, 4.69) is 39.4 Å². The van der Waals surface area contributed by atoms with Gasteiger partial charge in [0.15, 0.2) is 0 Å². The van der Waals surface area contributed by atoms with Crippen LogP contribution in [0.5, 0.6) is 0 Å². The first-order chi connectivity index (χ1) is 15.1. The Balaban J connectivity index is 1.42. The summed E-state index contributed by atoms with van der Waals surface area (Å²) in [4.78, 5) is 19.9. The minimum atomic E-state index is -0.0640. The van der Waals surface area contributed by atoms with Crippen molar-refractivity contribution >= 4 is 29.0 Å². The van der Waals surface area contributed by atoms with Crippen molar-refractivity contribution in [2.24, 2.45) is 0 Å². The number of urea groups is 1. The number of morpholine rings is 1. The number of nitrogens with one attached hydrogen (secondary N) is 1. The molecule has 2 fully saturated rings. The van der Waals surface area contributed by atoms with Gasteiger partial charge in [0.25, 0.3) is 0 Å². The minimum Gasteiger partial charge on any atom is -0.378 e. The van der Waals surface area contributed by atoms with Crippen LogP contribution in [0, 0.1) is 0 Å². The number of halogens is 1. The summed E-state index contributed by atoms with van der Waals surface area (Å²) >= 11 is 6.26. The molecule has 166 valence electrons. The van der Waals surface area contributed by atoms with Gasteiger partial charge >= 0.3 is 6.03 Å². The quantitative estimate of drug-likeness (QED) is 0.724. The third kappa shape index (κ3) is 5.50. The van der Waals surface area contributed by atoms with E-state index in [1.807, 2.05) is 36.1 Å². The highest BCUT2D eigenvalue weighted by molar-refractivity contribution is 6.31. The first-order valence-electron chi connectivity index (χ1n) is 11.1. The molecule has 1 N–H and O–H groups in total. The molecule has 2 heterocycles. The Morgan fingerprint density at radius 1 is 1.16 bits per heavy atom. The van der Waals surface area contributed by atoms with Crippen LogP contribution in [-0.2, 0) is 11.3 Å². The fourth-order valence-corrected chi connectivity index (χ4v) is 4.67. The van der Waals surface area contributed by atoms with Crippen LogP contribution in [0.3, 0.4) is 0 Å². The molecule has 1 atom stereocenters. The van der Waals surface area contributed by atoms with Gasteiger partial charge in [-0.25, -0.2) is 4.79 Å². The highest BCUT2D eigenvalue weighted by atomic mass is 35.5. The van der Waals surface area contributed by atoms with Crippen LogP contribution in [0.15, 0.2) is 48.5 Å². The number of likely N-dealkylation sites (N-methyl/N-ethyl adjacent to an activating group) is 1. The molecule has 0 radical (unpaired) electrons. The van der Waals surface area contributed by atoms with Crippen LogP contribution in [0.4, 0.5) is 16.2 Å². The molecule has 0 aromatic heterocycles. The zero-order valence-corrected chi connectivity index (χ0v) is 18.9. The number of rotatable bonds is 6. The minimum absolute atomic E-state index is 0.0640. The van der Waals surface area contributed by atoms with E-state index in [0.29, 0.717) is 24.8 Å². The Kier molecular flexibility index (Phi) is 7.33. The molecule has 4 rings (SSSR count). The van der Waals surface area contributed by atoms with E-state index < -0.39 is 0 Å². The molecule has 2 saturated heterocycles. The molecule has 2 aliphatic rings. The first-order valence-corrected chi connectivity index (χ1v) is 11.5. The number of anilines is 2. The third-order valence-electron chi connectivity index (χ3n) is 6.09. The highest BCUT2D eigenvalue weighted by Crippen LogP contribution is 2.30. The number of likely N-dealkylation sites (tertiary alicyclic amines) is 1. The van der Waals surface area contributed by atoms with Gasteiger partial charge in [-0.3, -0.25) is 4.90 Å². The van der Waals surface area contributed by atoms with Gasteiger partial charge in [0, 0.05) is 50.3 Å². The number of amides is 2. The lowest BCUT2D eigenvalue weighted by atomic mass is 10.2. The monoisotopic (exact) mass is 442 g/mol. The number of hydrogen-bond donors (Lipinski definition) is 1. The number of hydrogen-bond acceptors (Lipinski definition) is 4. The summed E-state index contributed by atoms with van der Waals surface area (Å²) in [5.74, 6) is 0. The van der Waals surface area contributed by atoms with Crippen molar-refractivity contribution in [3.63, 3.8) is 0 Å². The topological polar surface area (TPSA) is 48.1 Å². The van der Waals surface area contributed by atoms with Gasteiger partial charge in [0.2, 0.25) is 0 Å². The van der Waals surface area contributed by atoms with E-state index in [1.54, 1.807) is 0 Å². The normalized spacial score (nSPS) is 19.4. The standard InChI is InChI=1S/C24H31ClN4O2/c1-2-29(21-10-11-27(18-21)17-19-6-4-3-5-7-19)24(30)26-22-16-20(25)8-9-23(22)28-12-14-31-15-13-28/h3-9,16,21H,2,10-15,17-18H2,1H3,(H,26,30). The Hall–Kier alpha value is -2.28. The number of nitrogens with zero attached hydrogens (tertiary/aromatic N) is 3. The van der Waals surface area contributed by atoms with Crippen molar-refractivity contribution in [2.45, 2.75) is 25.9 Å². The smallest absolute Gasteiger partial charge is 0.322 e. The van der Waals surface area contributed by atoms with E-state index in [9.17, 15) is 4.79 Å². The second-order valence-corrected chi connectivity index (χ2v) is 8.58. The van der Waals surface area contributed by atoms with Crippen LogP contribution < -0.4 is 10.2 Å². The van der Waals surface area contributed by atoms with Crippen LogP contribution in [0.25, 0.3) is 0 Å². The summed E-state index contributed by atoms with van der Waals surface area (Å²) in [7, 11) is 0. The maximum Gasteiger partial charge on any atom is 0.322 e. The molecule has 0 spiro atoms. The SMILES string of the molecule is CCN(C(=O)Nc1cc(Cl)ccc1N1CCOCC1)C1CCN(Cc2ccccc2)C1. The maximum absolute atomic E-state index is 13.3. The van der Waals surface area contributed by atoms with Crippen molar-refractivity contribution in [2.75, 3.05) is 56.2 Å². The zero-order valence-electron chi connectivity index (χ0n) is 18.1. The van der Waals surface area contributed by atoms with E-state index in [4.69, 9.17) is 16.3 Å². The summed E-state index contributed by atoms with van der Waals surface area (Å²) in [6.07, 6.45) is 0.986. The van der Waals surface area contributed by atoms with Crippen molar-refractivity contribution in [3.05, 3.63) is 59.1 Å². The van der Waals surface area contributed by atoms with Crippen LogP contribution in [0.1, 0.15) is 18.9 Å². The fraction of sp³-hybridized carbons (Fsp3) is 0.458. The second kappa shape index (κ2) is 10.4. The Bertz CT molecular complexity index is 873. The van der Waals surface area contributed by atoms with Gasteiger partial charge in [-0.05, 0) is 37.1 Å². The van der Waals surface area contributed by atoms with Gasteiger partial charge in [-0.1, -0.05) is 41.9 Å². The van der Waals surface area contributed by atoms with Gasteiger partial charge in [-0.15, -0.1) is 0 Å². The molecule has 1 unspecified atom stereocenters. The zero-order chi connectivity index (χ0) is 21.6. The first kappa shape index (κ1) is 21.9. The summed E-state index contributed by atoms with van der Waals surface area (Å²) in [5, 5.41) is 3.76. The molecule has 0 aliphatic carbocycles. The van der Waals surface area contributed by atoms with E-state index in [1.165, 1.54) is 5.56 Å². The molecular formula is C24H31ClN4O2. The van der Waals surface area contributed by atoms with Gasteiger partial charge in [-0.2, -0.15) is 0 Å². The van der Waals surface area contributed by atoms with Crippen molar-refractivity contribution < 1.29 is 9.53 Å². The summed E-state index contributed by atoms with van der Waals surface area (Å²) in [5.41, 5.74) is 3.07. The molecule has 0 bridgehead atoms. The average molecular weight is 443 g/mol.